The van der Waals surface area contributed by atoms with E-state index in [1.165, 1.54) is 0 Å². The van der Waals surface area contributed by atoms with E-state index >= 15 is 0 Å². The van der Waals surface area contributed by atoms with Gasteiger partial charge in [0.15, 0.2) is 5.69 Å². The second kappa shape index (κ2) is 9.21. The molecule has 2 saturated heterocycles. The second-order valence-electron chi connectivity index (χ2n) is 10.8. The highest BCUT2D eigenvalue weighted by atomic mass is 16.3. The van der Waals surface area contributed by atoms with Crippen LogP contribution in [0.4, 0.5) is 11.5 Å². The molecule has 0 unspecified atom stereocenters. The van der Waals surface area contributed by atoms with Crippen LogP contribution in [0.3, 0.4) is 0 Å². The van der Waals surface area contributed by atoms with Crippen molar-refractivity contribution in [2.45, 2.75) is 69.6 Å². The number of fused-ring (bicyclic) bond motifs is 1. The Labute approximate surface area is 207 Å². The molecule has 3 aliphatic rings. The summed E-state index contributed by atoms with van der Waals surface area (Å²) in [6.07, 6.45) is 3.67. The highest BCUT2D eigenvalue weighted by molar-refractivity contribution is 5.85. The standard InChI is InChI=1S/C27H34N6O2/c1-17-15-21(34)24-22(17)25(30-16-29-24)32-11-13-33(14-12-32)26(35)23(20-9-10-27(2,3)31-20)18-5-7-19(28-4)8-6-18/h5-8,16-17,20-21,23,31,34H,9-15H2,1-3H3/t17-,20+,21-,23+/m1/s1. The summed E-state index contributed by atoms with van der Waals surface area (Å²) in [7, 11) is 0. The minimum absolute atomic E-state index is 0.00694. The fraction of sp³-hybridized carbons (Fsp3) is 0.556. The van der Waals surface area contributed by atoms with Crippen LogP contribution in [-0.4, -0.2) is 63.6 Å². The first kappa shape index (κ1) is 23.7. The summed E-state index contributed by atoms with van der Waals surface area (Å²) in [6.45, 7) is 16.4. The van der Waals surface area contributed by atoms with E-state index in [0.717, 1.165) is 35.5 Å². The summed E-state index contributed by atoms with van der Waals surface area (Å²) in [5.74, 6) is 0.987. The van der Waals surface area contributed by atoms with E-state index in [4.69, 9.17) is 6.57 Å². The van der Waals surface area contributed by atoms with E-state index < -0.39 is 6.10 Å². The predicted octanol–water partition coefficient (Wildman–Crippen LogP) is 3.53. The molecule has 3 heterocycles. The molecule has 4 atom stereocenters. The molecule has 1 aromatic carbocycles. The Bertz CT molecular complexity index is 1130. The molecule has 1 aromatic heterocycles. The monoisotopic (exact) mass is 474 g/mol. The number of nitrogens with zero attached hydrogens (tertiary/aromatic N) is 5. The number of carbonyl (C=O) groups is 1. The molecule has 184 valence electrons. The minimum atomic E-state index is -0.525. The zero-order valence-corrected chi connectivity index (χ0v) is 20.7. The first-order chi connectivity index (χ1) is 16.8. The number of aliphatic hydroxyl groups is 1. The van der Waals surface area contributed by atoms with Gasteiger partial charge in [0.25, 0.3) is 0 Å². The van der Waals surface area contributed by atoms with Crippen molar-refractivity contribution < 1.29 is 9.90 Å². The van der Waals surface area contributed by atoms with Crippen LogP contribution < -0.4 is 10.2 Å². The lowest BCUT2D eigenvalue weighted by molar-refractivity contribution is -0.133. The van der Waals surface area contributed by atoms with Gasteiger partial charge in [0, 0.05) is 43.3 Å². The molecule has 5 rings (SSSR count). The molecule has 0 radical (unpaired) electrons. The van der Waals surface area contributed by atoms with Crippen LogP contribution in [0.25, 0.3) is 4.85 Å². The van der Waals surface area contributed by atoms with Gasteiger partial charge in [-0.1, -0.05) is 31.2 Å². The van der Waals surface area contributed by atoms with Crippen molar-refractivity contribution in [1.82, 2.24) is 20.2 Å². The number of hydrogen-bond acceptors (Lipinski definition) is 6. The smallest absolute Gasteiger partial charge is 0.231 e. The van der Waals surface area contributed by atoms with Gasteiger partial charge in [-0.05, 0) is 44.6 Å². The third kappa shape index (κ3) is 4.51. The third-order valence-electron chi connectivity index (χ3n) is 7.88. The molecule has 1 amide bonds. The van der Waals surface area contributed by atoms with Gasteiger partial charge in [0.2, 0.25) is 5.91 Å². The normalized spacial score (nSPS) is 26.3. The topological polar surface area (TPSA) is 86.0 Å². The lowest BCUT2D eigenvalue weighted by Crippen LogP contribution is -2.53. The number of benzene rings is 1. The maximum absolute atomic E-state index is 13.9. The van der Waals surface area contributed by atoms with Crippen molar-refractivity contribution in [2.24, 2.45) is 0 Å². The lowest BCUT2D eigenvalue weighted by atomic mass is 9.88. The van der Waals surface area contributed by atoms with E-state index in [2.05, 4.69) is 45.8 Å². The molecule has 0 saturated carbocycles. The summed E-state index contributed by atoms with van der Waals surface area (Å²) < 4.78 is 0. The third-order valence-corrected chi connectivity index (χ3v) is 7.88. The molecule has 1 aliphatic carbocycles. The quantitative estimate of drug-likeness (QED) is 0.660. The predicted molar refractivity (Wildman–Crippen MR) is 134 cm³/mol. The molecule has 2 N–H and O–H groups in total. The van der Waals surface area contributed by atoms with Crippen LogP contribution >= 0.6 is 0 Å². The van der Waals surface area contributed by atoms with Crippen molar-refractivity contribution in [2.75, 3.05) is 31.1 Å². The van der Waals surface area contributed by atoms with E-state index in [9.17, 15) is 9.90 Å². The van der Waals surface area contributed by atoms with E-state index in [-0.39, 0.29) is 29.3 Å². The number of rotatable bonds is 4. The SMILES string of the molecule is [C-]#[N+]c1ccc([C@H](C(=O)N2CCN(c3ncnc4c3[C@H](C)C[C@H]4O)CC2)[C@@H]2CCC(C)(C)N2)cc1. The Morgan fingerprint density at radius 1 is 1.20 bits per heavy atom. The van der Waals surface area contributed by atoms with Gasteiger partial charge in [-0.15, -0.1) is 0 Å². The molecule has 2 fully saturated rings. The zero-order valence-electron chi connectivity index (χ0n) is 20.7. The van der Waals surface area contributed by atoms with E-state index in [0.29, 0.717) is 38.3 Å². The van der Waals surface area contributed by atoms with E-state index in [1.54, 1.807) is 6.33 Å². The number of aromatic nitrogens is 2. The van der Waals surface area contributed by atoms with Gasteiger partial charge in [0.1, 0.15) is 12.1 Å². The highest BCUT2D eigenvalue weighted by Gasteiger charge is 2.41. The van der Waals surface area contributed by atoms with Crippen LogP contribution in [-0.2, 0) is 4.79 Å². The molecule has 2 aromatic rings. The number of aliphatic hydroxyl groups excluding tert-OH is 1. The molecule has 35 heavy (non-hydrogen) atoms. The van der Waals surface area contributed by atoms with Gasteiger partial charge in [-0.3, -0.25) is 4.79 Å². The molecular formula is C27H34N6O2. The minimum Gasteiger partial charge on any atom is -0.387 e. The van der Waals surface area contributed by atoms with Gasteiger partial charge in [0.05, 0.1) is 24.3 Å². The summed E-state index contributed by atoms with van der Waals surface area (Å²) in [6, 6.07) is 7.58. The molecular weight excluding hydrogens is 440 g/mol. The molecule has 8 nitrogen and oxygen atoms in total. The van der Waals surface area contributed by atoms with Crippen molar-refractivity contribution in [1.29, 1.82) is 0 Å². The van der Waals surface area contributed by atoms with E-state index in [1.807, 2.05) is 29.2 Å². The van der Waals surface area contributed by atoms with Crippen molar-refractivity contribution >= 4 is 17.4 Å². The van der Waals surface area contributed by atoms with Crippen LogP contribution in [0, 0.1) is 6.57 Å². The fourth-order valence-corrected chi connectivity index (χ4v) is 6.01. The first-order valence-electron chi connectivity index (χ1n) is 12.6. The number of carbonyl (C=O) groups excluding carboxylic acids is 1. The maximum Gasteiger partial charge on any atom is 0.231 e. The number of piperazine rings is 1. The van der Waals surface area contributed by atoms with Crippen molar-refractivity contribution in [3.63, 3.8) is 0 Å². The molecule has 8 heteroatoms. The Morgan fingerprint density at radius 3 is 2.54 bits per heavy atom. The number of hydrogen-bond donors (Lipinski definition) is 2. The number of anilines is 1. The number of nitrogens with one attached hydrogen (secondary N) is 1. The first-order valence-corrected chi connectivity index (χ1v) is 12.6. The average molecular weight is 475 g/mol. The largest absolute Gasteiger partial charge is 0.387 e. The maximum atomic E-state index is 13.9. The Balaban J connectivity index is 1.34. The molecule has 2 aliphatic heterocycles. The van der Waals surface area contributed by atoms with Crippen LogP contribution in [0.1, 0.15) is 74.8 Å². The Morgan fingerprint density at radius 2 is 1.91 bits per heavy atom. The molecule has 0 bridgehead atoms. The lowest BCUT2D eigenvalue weighted by Gasteiger charge is -2.39. The molecule has 0 spiro atoms. The van der Waals surface area contributed by atoms with Gasteiger partial charge in [-0.2, -0.15) is 0 Å². The van der Waals surface area contributed by atoms with Gasteiger partial charge in [-0.25, -0.2) is 14.8 Å². The van der Waals surface area contributed by atoms with Crippen LogP contribution in [0.2, 0.25) is 0 Å². The van der Waals surface area contributed by atoms with Crippen LogP contribution in [0.5, 0.6) is 0 Å². The Hall–Kier alpha value is -3.02. The second-order valence-corrected chi connectivity index (χ2v) is 10.8. The highest BCUT2D eigenvalue weighted by Crippen LogP contribution is 2.43. The summed E-state index contributed by atoms with van der Waals surface area (Å²) in [5, 5.41) is 14.0. The Kier molecular flexibility index (Phi) is 6.24. The average Bonchev–Trinajstić information content (AvgIpc) is 3.37. The van der Waals surface area contributed by atoms with Crippen molar-refractivity contribution in [3.8, 4) is 0 Å². The van der Waals surface area contributed by atoms with Gasteiger partial charge >= 0.3 is 0 Å². The fourth-order valence-electron chi connectivity index (χ4n) is 6.01. The van der Waals surface area contributed by atoms with Crippen LogP contribution in [0.15, 0.2) is 30.6 Å². The van der Waals surface area contributed by atoms with Crippen molar-refractivity contribution in [3.05, 3.63) is 58.8 Å². The summed E-state index contributed by atoms with van der Waals surface area (Å²) in [4.78, 5) is 30.6. The summed E-state index contributed by atoms with van der Waals surface area (Å²) in [5.41, 5.74) is 3.36. The van der Waals surface area contributed by atoms with Gasteiger partial charge < -0.3 is 20.2 Å². The number of amides is 1. The zero-order chi connectivity index (χ0) is 24.7. The summed E-state index contributed by atoms with van der Waals surface area (Å²) >= 11 is 0.